The Labute approximate surface area is 143 Å². The molecule has 2 nitrogen and oxygen atoms in total. The number of rotatable bonds is 4. The van der Waals surface area contributed by atoms with E-state index >= 15 is 0 Å². The molecule has 0 spiro atoms. The Bertz CT molecular complexity index is 476. The van der Waals surface area contributed by atoms with Gasteiger partial charge in [0.1, 0.15) is 5.76 Å². The van der Waals surface area contributed by atoms with Crippen molar-refractivity contribution in [1.29, 1.82) is 5.26 Å². The fourth-order valence-corrected chi connectivity index (χ4v) is 1.10. The first-order chi connectivity index (χ1) is 11.0. The number of hydrogen-bond donors (Lipinski definition) is 0. The lowest BCUT2D eigenvalue weighted by Gasteiger charge is -1.99. The summed E-state index contributed by atoms with van der Waals surface area (Å²) < 4.78 is 5.07. The molecule has 0 aliphatic heterocycles. The van der Waals surface area contributed by atoms with Crippen molar-refractivity contribution in [2.45, 2.75) is 48.5 Å². The Balaban J connectivity index is -0.000000286. The molecule has 2 heteroatoms. The van der Waals surface area contributed by atoms with Gasteiger partial charge in [-0.05, 0) is 39.0 Å². The molecule has 0 atom stereocenters. The van der Waals surface area contributed by atoms with Gasteiger partial charge >= 0.3 is 0 Å². The molecular formula is C21H33NO. The molecule has 0 unspecified atom stereocenters. The van der Waals surface area contributed by atoms with Crippen molar-refractivity contribution >= 4 is 0 Å². The smallest absolute Gasteiger partial charge is 0.112 e. The Hall–Kier alpha value is -2.27. The van der Waals surface area contributed by atoms with Crippen LogP contribution in [0.4, 0.5) is 0 Å². The van der Waals surface area contributed by atoms with Crippen molar-refractivity contribution in [3.05, 3.63) is 72.0 Å². The van der Waals surface area contributed by atoms with Crippen molar-refractivity contribution in [2.24, 2.45) is 0 Å². The highest BCUT2D eigenvalue weighted by Crippen LogP contribution is 2.00. The third-order valence-corrected chi connectivity index (χ3v) is 2.06. The van der Waals surface area contributed by atoms with E-state index < -0.39 is 0 Å². The predicted molar refractivity (Wildman–Crippen MR) is 103 cm³/mol. The normalized spacial score (nSPS) is 8.09. The van der Waals surface area contributed by atoms with Gasteiger partial charge in [-0.25, -0.2) is 0 Å². The van der Waals surface area contributed by atoms with Gasteiger partial charge in [0.15, 0.2) is 0 Å². The monoisotopic (exact) mass is 315 g/mol. The highest BCUT2D eigenvalue weighted by Gasteiger charge is 1.85. The maximum absolute atomic E-state index is 8.38. The summed E-state index contributed by atoms with van der Waals surface area (Å²) in [5.74, 6) is 0.686. The molecule has 0 bridgehead atoms. The fraction of sp³-hybridized carbons (Fsp3) is 0.381. The Morgan fingerprint density at radius 2 is 1.57 bits per heavy atom. The van der Waals surface area contributed by atoms with Gasteiger partial charge in [0.05, 0.1) is 18.2 Å². The van der Waals surface area contributed by atoms with E-state index in [0.29, 0.717) is 12.4 Å². The molecule has 0 fully saturated rings. The zero-order valence-corrected chi connectivity index (χ0v) is 15.9. The Kier molecular flexibility index (Phi) is 22.0. The molecule has 1 rings (SSSR count). The lowest BCUT2D eigenvalue weighted by molar-refractivity contribution is 0.244. The predicted octanol–water partition coefficient (Wildman–Crippen LogP) is 6.59. The van der Waals surface area contributed by atoms with E-state index in [1.54, 1.807) is 0 Å². The van der Waals surface area contributed by atoms with Crippen LogP contribution >= 0.6 is 0 Å². The maximum atomic E-state index is 8.38. The molecule has 1 aromatic carbocycles. The number of nitriles is 1. The van der Waals surface area contributed by atoms with E-state index in [1.165, 1.54) is 5.56 Å². The minimum absolute atomic E-state index is 0.666. The first kappa shape index (κ1) is 25.7. The summed E-state index contributed by atoms with van der Waals surface area (Å²) >= 11 is 0. The van der Waals surface area contributed by atoms with Crippen molar-refractivity contribution < 1.29 is 4.74 Å². The molecular weight excluding hydrogens is 282 g/mol. The van der Waals surface area contributed by atoms with Gasteiger partial charge in [0.25, 0.3) is 0 Å². The average molecular weight is 316 g/mol. The van der Waals surface area contributed by atoms with Crippen molar-refractivity contribution in [3.63, 3.8) is 0 Å². The second kappa shape index (κ2) is 19.7. The summed E-state index contributed by atoms with van der Waals surface area (Å²) in [5, 5.41) is 8.38. The molecule has 1 aromatic rings. The van der Waals surface area contributed by atoms with Gasteiger partial charge in [-0.1, -0.05) is 70.2 Å². The number of benzene rings is 1. The summed E-state index contributed by atoms with van der Waals surface area (Å²) in [6.45, 7) is 21.9. The lowest BCUT2D eigenvalue weighted by Crippen LogP contribution is -1.84. The van der Waals surface area contributed by atoms with Crippen LogP contribution < -0.4 is 0 Å². The van der Waals surface area contributed by atoms with E-state index in [-0.39, 0.29) is 0 Å². The zero-order chi connectivity index (χ0) is 18.7. The minimum Gasteiger partial charge on any atom is -0.495 e. The van der Waals surface area contributed by atoms with Crippen molar-refractivity contribution in [2.75, 3.05) is 6.61 Å². The number of nitrogens with zero attached hydrogens (tertiary/aromatic N) is 1. The van der Waals surface area contributed by atoms with E-state index in [2.05, 4.69) is 19.2 Å². The Morgan fingerprint density at radius 1 is 1.09 bits per heavy atom. The molecule has 0 saturated carbocycles. The quantitative estimate of drug-likeness (QED) is 0.464. The van der Waals surface area contributed by atoms with Crippen LogP contribution in [-0.4, -0.2) is 6.61 Å². The topological polar surface area (TPSA) is 33.0 Å². The first-order valence-electron chi connectivity index (χ1n) is 8.11. The standard InChI is InChI=1S/C9H14O.C8H7N.2C2H6/c1-5-10-9(4)7-6-8(2)3;1-7-2-4-8(6-9)5-3-7;2*1-2/h6-7H,2,4-5H2,1,3H3;2-5H,1H3;2*1-2H3/b7-6-;;;. The number of aryl methyl sites for hydroxylation is 1. The highest BCUT2D eigenvalue weighted by atomic mass is 16.5. The molecule has 0 aliphatic rings. The van der Waals surface area contributed by atoms with Crippen LogP contribution in [0.15, 0.2) is 60.9 Å². The average Bonchev–Trinajstić information content (AvgIpc) is 2.58. The third kappa shape index (κ3) is 19.7. The molecule has 0 amide bonds. The molecule has 0 heterocycles. The molecule has 0 N–H and O–H groups in total. The second-order valence-corrected chi connectivity index (χ2v) is 4.06. The molecule has 0 aliphatic carbocycles. The van der Waals surface area contributed by atoms with E-state index in [1.807, 2.05) is 84.9 Å². The van der Waals surface area contributed by atoms with Crippen molar-refractivity contribution in [1.82, 2.24) is 0 Å². The summed E-state index contributed by atoms with van der Waals surface area (Å²) in [7, 11) is 0. The van der Waals surface area contributed by atoms with Gasteiger partial charge in [-0.3, -0.25) is 0 Å². The summed E-state index contributed by atoms with van der Waals surface area (Å²) in [5.41, 5.74) is 2.91. The molecule has 0 aromatic heterocycles. The number of hydrogen-bond acceptors (Lipinski definition) is 2. The summed E-state index contributed by atoms with van der Waals surface area (Å²) in [6, 6.07) is 9.54. The molecule has 0 radical (unpaired) electrons. The van der Waals surface area contributed by atoms with Gasteiger partial charge in [-0.15, -0.1) is 0 Å². The van der Waals surface area contributed by atoms with Gasteiger partial charge < -0.3 is 4.74 Å². The zero-order valence-electron chi connectivity index (χ0n) is 15.9. The maximum Gasteiger partial charge on any atom is 0.112 e. The van der Waals surface area contributed by atoms with Gasteiger partial charge in [0, 0.05) is 0 Å². The molecule has 23 heavy (non-hydrogen) atoms. The largest absolute Gasteiger partial charge is 0.495 e. The van der Waals surface area contributed by atoms with Crippen LogP contribution in [0.1, 0.15) is 52.7 Å². The van der Waals surface area contributed by atoms with Crippen LogP contribution in [-0.2, 0) is 4.74 Å². The van der Waals surface area contributed by atoms with Crippen LogP contribution in [0, 0.1) is 18.3 Å². The van der Waals surface area contributed by atoms with Crippen molar-refractivity contribution in [3.8, 4) is 6.07 Å². The second-order valence-electron chi connectivity index (χ2n) is 4.06. The lowest BCUT2D eigenvalue weighted by atomic mass is 10.2. The van der Waals surface area contributed by atoms with Crippen LogP contribution in [0.3, 0.4) is 0 Å². The minimum atomic E-state index is 0.666. The third-order valence-electron chi connectivity index (χ3n) is 2.06. The van der Waals surface area contributed by atoms with Crippen LogP contribution in [0.25, 0.3) is 0 Å². The van der Waals surface area contributed by atoms with Gasteiger partial charge in [0.2, 0.25) is 0 Å². The van der Waals surface area contributed by atoms with Crippen LogP contribution in [0.2, 0.25) is 0 Å². The van der Waals surface area contributed by atoms with E-state index in [4.69, 9.17) is 10.00 Å². The Morgan fingerprint density at radius 3 is 1.91 bits per heavy atom. The first-order valence-corrected chi connectivity index (χ1v) is 8.11. The highest BCUT2D eigenvalue weighted by molar-refractivity contribution is 5.30. The summed E-state index contributed by atoms with van der Waals surface area (Å²) in [6.07, 6.45) is 3.68. The number of ether oxygens (including phenoxy) is 1. The fourth-order valence-electron chi connectivity index (χ4n) is 1.10. The summed E-state index contributed by atoms with van der Waals surface area (Å²) in [4.78, 5) is 0. The van der Waals surface area contributed by atoms with E-state index in [9.17, 15) is 0 Å². The van der Waals surface area contributed by atoms with E-state index in [0.717, 1.165) is 11.1 Å². The van der Waals surface area contributed by atoms with Crippen LogP contribution in [0.5, 0.6) is 0 Å². The number of allylic oxidation sites excluding steroid dienone is 3. The molecule has 0 saturated heterocycles. The molecule has 128 valence electrons. The SMILES string of the molecule is C=C(C)/C=C\C(=C)OCC.CC.CC.Cc1ccc(C#N)cc1. The van der Waals surface area contributed by atoms with Gasteiger partial charge in [-0.2, -0.15) is 5.26 Å².